The summed E-state index contributed by atoms with van der Waals surface area (Å²) in [5, 5.41) is 12.2. The number of hydrogen-bond donors (Lipinski definition) is 1. The molecule has 6 rings (SSSR count). The van der Waals surface area contributed by atoms with E-state index < -0.39 is 12.2 Å². The van der Waals surface area contributed by atoms with Crippen molar-refractivity contribution >= 4 is 17.2 Å². The van der Waals surface area contributed by atoms with Crippen LogP contribution in [0.3, 0.4) is 0 Å². The van der Waals surface area contributed by atoms with E-state index in [-0.39, 0.29) is 6.99 Å². The second kappa shape index (κ2) is 9.01. The lowest BCUT2D eigenvalue weighted by Gasteiger charge is -2.31. The average molecular weight is 484 g/mol. The summed E-state index contributed by atoms with van der Waals surface area (Å²) in [4.78, 5) is 6.46. The molecule has 3 aromatic heterocycles. The van der Waals surface area contributed by atoms with E-state index in [1.807, 2.05) is 44.0 Å². The smallest absolute Gasteiger partial charge is 0.264 e. The summed E-state index contributed by atoms with van der Waals surface area (Å²) < 4.78 is 37.3. The van der Waals surface area contributed by atoms with Gasteiger partial charge >= 0.3 is 0 Å². The molecule has 2 aliphatic heterocycles. The molecule has 1 fully saturated rings. The maximum absolute atomic E-state index is 14.1. The van der Waals surface area contributed by atoms with Crippen LogP contribution in [-0.2, 0) is 23.9 Å². The molecule has 4 aromatic rings. The predicted molar refractivity (Wildman–Crippen MR) is 132 cm³/mol. The van der Waals surface area contributed by atoms with Gasteiger partial charge in [-0.25, -0.2) is 18.3 Å². The van der Waals surface area contributed by atoms with E-state index in [1.165, 1.54) is 0 Å². The van der Waals surface area contributed by atoms with Gasteiger partial charge in [-0.2, -0.15) is 5.10 Å². The third kappa shape index (κ3) is 3.96. The molecule has 35 heavy (non-hydrogen) atoms. The molecular formula is C25H31F2N7O. The Hall–Kier alpha value is -3.37. The summed E-state index contributed by atoms with van der Waals surface area (Å²) in [6.07, 6.45) is 4.26. The zero-order valence-corrected chi connectivity index (χ0v) is 20.3. The molecule has 0 spiro atoms. The van der Waals surface area contributed by atoms with Gasteiger partial charge in [0.25, 0.3) is 6.43 Å². The zero-order chi connectivity index (χ0) is 24.7. The van der Waals surface area contributed by atoms with E-state index >= 15 is 0 Å². The Morgan fingerprint density at radius 1 is 1.20 bits per heavy atom. The number of epoxide rings is 1. The molecule has 10 heteroatoms. The minimum Gasteiger partial charge on any atom is -0.347 e. The number of fused-ring (bicyclic) bond motifs is 2. The highest BCUT2D eigenvalue weighted by atomic mass is 19.3. The van der Waals surface area contributed by atoms with Crippen LogP contribution in [0.4, 0.5) is 20.3 Å². The molecular weight excluding hydrogens is 452 g/mol. The molecule has 0 aliphatic carbocycles. The Bertz CT molecular complexity index is 1370. The van der Waals surface area contributed by atoms with Gasteiger partial charge in [-0.15, -0.1) is 5.10 Å². The van der Waals surface area contributed by atoms with Gasteiger partial charge in [-0.3, -0.25) is 10.00 Å². The van der Waals surface area contributed by atoms with E-state index in [2.05, 4.69) is 15.4 Å². The number of aromatic nitrogens is 5. The highest BCUT2D eigenvalue weighted by Gasteiger charge is 2.48. The van der Waals surface area contributed by atoms with Crippen LogP contribution < -0.4 is 10.2 Å². The summed E-state index contributed by atoms with van der Waals surface area (Å²) in [6, 6.07) is 7.28. The van der Waals surface area contributed by atoms with Gasteiger partial charge in [0.15, 0.2) is 17.2 Å². The summed E-state index contributed by atoms with van der Waals surface area (Å²) >= 11 is 0. The summed E-state index contributed by atoms with van der Waals surface area (Å²) in [7, 11) is 3.62. The SMILES string of the molecule is CC.CNC1(c2cnc3ccc(N4CCCc5cc(-c6cnn(C)c6)c(C(F)F)cc54)nn23)CO1.[HH]. The maximum Gasteiger partial charge on any atom is 0.264 e. The molecule has 8 nitrogen and oxygen atoms in total. The van der Waals surface area contributed by atoms with Crippen LogP contribution in [0.15, 0.2) is 42.9 Å². The van der Waals surface area contributed by atoms with Gasteiger partial charge in [0.05, 0.1) is 19.0 Å². The second-order valence-corrected chi connectivity index (χ2v) is 8.50. The molecule has 5 heterocycles. The van der Waals surface area contributed by atoms with Crippen LogP contribution in [0.2, 0.25) is 0 Å². The van der Waals surface area contributed by atoms with Crippen molar-refractivity contribution in [2.45, 2.75) is 38.8 Å². The van der Waals surface area contributed by atoms with E-state index in [0.717, 1.165) is 29.8 Å². The molecule has 1 aromatic carbocycles. The van der Waals surface area contributed by atoms with Gasteiger partial charge in [0.1, 0.15) is 5.69 Å². The Kier molecular flexibility index (Phi) is 6.02. The number of aryl methyl sites for hydroxylation is 2. The molecule has 0 bridgehead atoms. The van der Waals surface area contributed by atoms with Crippen LogP contribution in [0.1, 0.15) is 44.9 Å². The lowest BCUT2D eigenvalue weighted by Crippen LogP contribution is -2.29. The highest BCUT2D eigenvalue weighted by molar-refractivity contribution is 5.76. The summed E-state index contributed by atoms with van der Waals surface area (Å²) in [5.41, 5.74) is 3.96. The van der Waals surface area contributed by atoms with Crippen LogP contribution >= 0.6 is 0 Å². The lowest BCUT2D eigenvalue weighted by atomic mass is 9.93. The molecule has 0 radical (unpaired) electrons. The number of alkyl halides is 2. The molecule has 186 valence electrons. The number of anilines is 2. The number of benzene rings is 1. The Labute approximate surface area is 204 Å². The minimum absolute atomic E-state index is 0. The van der Waals surface area contributed by atoms with Crippen LogP contribution in [0.5, 0.6) is 0 Å². The predicted octanol–water partition coefficient (Wildman–Crippen LogP) is 4.83. The fourth-order valence-corrected chi connectivity index (χ4v) is 4.65. The molecule has 1 saturated heterocycles. The van der Waals surface area contributed by atoms with Gasteiger partial charge in [0.2, 0.25) is 0 Å². The van der Waals surface area contributed by atoms with Crippen LogP contribution in [0.25, 0.3) is 16.8 Å². The second-order valence-electron chi connectivity index (χ2n) is 8.50. The molecule has 2 aliphatic rings. The van der Waals surface area contributed by atoms with E-state index in [0.29, 0.717) is 35.7 Å². The summed E-state index contributed by atoms with van der Waals surface area (Å²) in [5.74, 6) is 0.684. The van der Waals surface area contributed by atoms with Crippen molar-refractivity contribution in [1.82, 2.24) is 29.7 Å². The maximum atomic E-state index is 14.1. The zero-order valence-electron chi connectivity index (χ0n) is 20.3. The number of nitrogens with one attached hydrogen (secondary N) is 1. The van der Waals surface area contributed by atoms with E-state index in [9.17, 15) is 8.78 Å². The van der Waals surface area contributed by atoms with Gasteiger partial charge in [0, 0.05) is 38.0 Å². The lowest BCUT2D eigenvalue weighted by molar-refractivity contribution is 0.152. The Morgan fingerprint density at radius 2 is 2.00 bits per heavy atom. The fraction of sp³-hybridized carbons (Fsp3) is 0.400. The first-order chi connectivity index (χ1) is 17.0. The first-order valence-electron chi connectivity index (χ1n) is 11.9. The van der Waals surface area contributed by atoms with Gasteiger partial charge in [-0.05, 0) is 55.3 Å². The van der Waals surface area contributed by atoms with Crippen molar-refractivity contribution in [2.24, 2.45) is 7.05 Å². The van der Waals surface area contributed by atoms with Crippen molar-refractivity contribution in [2.75, 3.05) is 25.1 Å². The fourth-order valence-electron chi connectivity index (χ4n) is 4.65. The number of rotatable bonds is 5. The van der Waals surface area contributed by atoms with Crippen molar-refractivity contribution in [1.29, 1.82) is 0 Å². The van der Waals surface area contributed by atoms with Gasteiger partial charge in [-0.1, -0.05) is 13.8 Å². The number of imidazole rings is 1. The van der Waals surface area contributed by atoms with Crippen LogP contribution in [-0.4, -0.2) is 44.6 Å². The topological polar surface area (TPSA) is 75.8 Å². The number of likely N-dealkylation sites (N-methyl/N-ethyl adjacent to an activating group) is 1. The number of halogens is 2. The van der Waals surface area contributed by atoms with Crippen molar-refractivity contribution in [3.8, 4) is 11.1 Å². The average Bonchev–Trinajstić information content (AvgIpc) is 3.36. The third-order valence-electron chi connectivity index (χ3n) is 6.50. The molecule has 1 N–H and O–H groups in total. The normalized spacial score (nSPS) is 19.0. The molecule has 1 atom stereocenters. The van der Waals surface area contributed by atoms with E-state index in [1.54, 1.807) is 40.9 Å². The first kappa shape index (κ1) is 23.4. The van der Waals surface area contributed by atoms with Crippen LogP contribution in [0, 0.1) is 0 Å². The number of hydrogen-bond acceptors (Lipinski definition) is 6. The standard InChI is InChI=1S/C23H23F2N7O.C2H6.H2/c1-26-23(13-33-23)19-11-27-20-5-6-21(29-32(19)20)31-7-3-4-14-8-16(15-10-28-30(2)12-15)17(22(24)25)9-18(14)31;1-2;/h5-6,8-12,22,26H,3-4,7,13H2,1-2H3;1-2H3;1H. The van der Waals surface area contributed by atoms with Crippen molar-refractivity contribution in [3.63, 3.8) is 0 Å². The van der Waals surface area contributed by atoms with Crippen molar-refractivity contribution in [3.05, 3.63) is 59.7 Å². The highest BCUT2D eigenvalue weighted by Crippen LogP contribution is 2.41. The third-order valence-corrected chi connectivity index (χ3v) is 6.50. The minimum atomic E-state index is -2.60. The van der Waals surface area contributed by atoms with Gasteiger partial charge < -0.3 is 9.64 Å². The summed E-state index contributed by atoms with van der Waals surface area (Å²) in [6.45, 7) is 5.24. The molecule has 0 amide bonds. The monoisotopic (exact) mass is 483 g/mol. The first-order valence-corrected chi connectivity index (χ1v) is 11.9. The Morgan fingerprint density at radius 3 is 2.66 bits per heavy atom. The Balaban J connectivity index is 0.000000990. The molecule has 1 unspecified atom stereocenters. The van der Waals surface area contributed by atoms with Crippen molar-refractivity contribution < 1.29 is 14.9 Å². The van der Waals surface area contributed by atoms with E-state index in [4.69, 9.17) is 9.84 Å². The quantitative estimate of drug-likeness (QED) is 0.410. The largest absolute Gasteiger partial charge is 0.347 e. The number of ether oxygens (including phenoxy) is 1. The molecule has 0 saturated carbocycles. The number of nitrogens with zero attached hydrogens (tertiary/aromatic N) is 6.